The average Bonchev–Trinajstić information content (AvgIpc) is 3.00. The van der Waals surface area contributed by atoms with Crippen molar-refractivity contribution in [2.45, 2.75) is 11.7 Å². The number of anilines is 1. The van der Waals surface area contributed by atoms with Crippen LogP contribution in [0.5, 0.6) is 0 Å². The first-order chi connectivity index (χ1) is 10.1. The normalized spacial score (nSPS) is 20.5. The van der Waals surface area contributed by atoms with Crippen molar-refractivity contribution in [1.29, 1.82) is 0 Å². The van der Waals surface area contributed by atoms with E-state index in [0.717, 1.165) is 5.17 Å². The summed E-state index contributed by atoms with van der Waals surface area (Å²) in [6, 6.07) is 5.00. The van der Waals surface area contributed by atoms with Gasteiger partial charge >= 0.3 is 0 Å². The summed E-state index contributed by atoms with van der Waals surface area (Å²) in [5.41, 5.74) is 0.447. The lowest BCUT2D eigenvalue weighted by atomic mass is 10.2. The standard InChI is InChI=1S/C13H11Cl2N3O2S/c14-7-2-1-3-8(11(7)15)17-10(19)6-9-12(20)18-5-4-16-13(18)21-9/h1-3,9H,4-6H2,(H,17,19). The maximum Gasteiger partial charge on any atom is 0.242 e. The summed E-state index contributed by atoms with van der Waals surface area (Å²) in [7, 11) is 0. The summed E-state index contributed by atoms with van der Waals surface area (Å²) in [4.78, 5) is 30.0. The summed E-state index contributed by atoms with van der Waals surface area (Å²) in [5, 5.41) is 3.66. The first kappa shape index (κ1) is 14.7. The van der Waals surface area contributed by atoms with Crippen LogP contribution >= 0.6 is 35.0 Å². The average molecular weight is 344 g/mol. The van der Waals surface area contributed by atoms with Crippen LogP contribution in [0.25, 0.3) is 0 Å². The number of thioether (sulfide) groups is 1. The first-order valence-corrected chi connectivity index (χ1v) is 7.96. The number of fused-ring (bicyclic) bond motifs is 1. The highest BCUT2D eigenvalue weighted by molar-refractivity contribution is 8.15. The number of nitrogens with zero attached hydrogens (tertiary/aromatic N) is 2. The molecule has 2 amide bonds. The molecule has 0 spiro atoms. The summed E-state index contributed by atoms with van der Waals surface area (Å²) >= 11 is 13.2. The van der Waals surface area contributed by atoms with Gasteiger partial charge < -0.3 is 5.32 Å². The molecule has 110 valence electrons. The molecule has 0 aliphatic carbocycles. The fourth-order valence-corrected chi connectivity index (χ4v) is 3.72. The van der Waals surface area contributed by atoms with Crippen molar-refractivity contribution in [3.8, 4) is 0 Å². The Morgan fingerprint density at radius 1 is 1.48 bits per heavy atom. The van der Waals surface area contributed by atoms with Gasteiger partial charge in [0, 0.05) is 13.0 Å². The van der Waals surface area contributed by atoms with Gasteiger partial charge in [0.05, 0.1) is 22.3 Å². The minimum Gasteiger partial charge on any atom is -0.325 e. The lowest BCUT2D eigenvalue weighted by molar-refractivity contribution is -0.127. The third-order valence-corrected chi connectivity index (χ3v) is 5.22. The van der Waals surface area contributed by atoms with Gasteiger partial charge in [-0.05, 0) is 12.1 Å². The van der Waals surface area contributed by atoms with Gasteiger partial charge in [0.2, 0.25) is 11.8 Å². The maximum atomic E-state index is 12.1. The number of amides is 2. The highest BCUT2D eigenvalue weighted by Gasteiger charge is 2.40. The lowest BCUT2D eigenvalue weighted by Crippen LogP contribution is -2.32. The molecule has 5 nitrogen and oxygen atoms in total. The number of nitrogens with one attached hydrogen (secondary N) is 1. The summed E-state index contributed by atoms with van der Waals surface area (Å²) in [6.45, 7) is 1.25. The Labute approximate surface area is 135 Å². The number of aliphatic imine (C=N–C) groups is 1. The third-order valence-electron chi connectivity index (χ3n) is 3.19. The molecule has 1 N–H and O–H groups in total. The minimum atomic E-state index is -0.415. The molecule has 2 aliphatic rings. The molecule has 2 heterocycles. The van der Waals surface area contributed by atoms with Crippen molar-refractivity contribution in [2.24, 2.45) is 4.99 Å². The lowest BCUT2D eigenvalue weighted by Gasteiger charge is -2.11. The van der Waals surface area contributed by atoms with Crippen LogP contribution in [0.3, 0.4) is 0 Å². The summed E-state index contributed by atoms with van der Waals surface area (Å²) in [6.07, 6.45) is 0.0852. The maximum absolute atomic E-state index is 12.1. The van der Waals surface area contributed by atoms with Gasteiger partial charge in [-0.2, -0.15) is 0 Å². The van der Waals surface area contributed by atoms with Crippen LogP contribution in [-0.4, -0.2) is 40.2 Å². The number of hydrogen-bond acceptors (Lipinski definition) is 4. The predicted octanol–water partition coefficient (Wildman–Crippen LogP) is 2.64. The molecule has 1 aromatic carbocycles. The van der Waals surface area contributed by atoms with Gasteiger partial charge in [-0.1, -0.05) is 41.0 Å². The van der Waals surface area contributed by atoms with Crippen molar-refractivity contribution < 1.29 is 9.59 Å². The number of carbonyl (C=O) groups is 2. The number of halogens is 2. The molecule has 2 aliphatic heterocycles. The molecular weight excluding hydrogens is 333 g/mol. The quantitative estimate of drug-likeness (QED) is 0.917. The number of carbonyl (C=O) groups excluding carboxylic acids is 2. The zero-order valence-electron chi connectivity index (χ0n) is 10.8. The van der Waals surface area contributed by atoms with E-state index in [-0.39, 0.29) is 18.2 Å². The molecule has 8 heteroatoms. The van der Waals surface area contributed by atoms with E-state index in [0.29, 0.717) is 28.8 Å². The molecule has 21 heavy (non-hydrogen) atoms. The second-order valence-corrected chi connectivity index (χ2v) is 6.57. The fraction of sp³-hybridized carbons (Fsp3) is 0.308. The number of amidine groups is 1. The monoisotopic (exact) mass is 343 g/mol. The molecule has 1 atom stereocenters. The molecule has 0 aromatic heterocycles. The van der Waals surface area contributed by atoms with E-state index >= 15 is 0 Å². The van der Waals surface area contributed by atoms with E-state index in [9.17, 15) is 9.59 Å². The highest BCUT2D eigenvalue weighted by atomic mass is 35.5. The fourth-order valence-electron chi connectivity index (χ4n) is 2.18. The Morgan fingerprint density at radius 3 is 3.05 bits per heavy atom. The van der Waals surface area contributed by atoms with Crippen LogP contribution in [0, 0.1) is 0 Å². The van der Waals surface area contributed by atoms with Crippen molar-refractivity contribution >= 4 is 57.6 Å². The number of benzene rings is 1. The molecule has 0 bridgehead atoms. The molecule has 3 rings (SSSR count). The van der Waals surface area contributed by atoms with E-state index in [2.05, 4.69) is 10.3 Å². The zero-order valence-corrected chi connectivity index (χ0v) is 13.1. The van der Waals surface area contributed by atoms with Gasteiger partial charge in [-0.3, -0.25) is 19.5 Å². The Hall–Kier alpha value is -1.24. The smallest absolute Gasteiger partial charge is 0.242 e. The van der Waals surface area contributed by atoms with Crippen LogP contribution in [0.15, 0.2) is 23.2 Å². The SMILES string of the molecule is O=C(CC1SC2=NCCN2C1=O)Nc1cccc(Cl)c1Cl. The van der Waals surface area contributed by atoms with Gasteiger partial charge in [-0.25, -0.2) is 0 Å². The van der Waals surface area contributed by atoms with Crippen molar-refractivity contribution in [2.75, 3.05) is 18.4 Å². The molecule has 1 unspecified atom stereocenters. The number of hydrogen-bond donors (Lipinski definition) is 1. The molecule has 1 aromatic rings. The van der Waals surface area contributed by atoms with Crippen LogP contribution in [0.2, 0.25) is 10.0 Å². The second kappa shape index (κ2) is 5.87. The minimum absolute atomic E-state index is 0.0522. The van der Waals surface area contributed by atoms with Crippen LogP contribution in [-0.2, 0) is 9.59 Å². The predicted molar refractivity (Wildman–Crippen MR) is 85.1 cm³/mol. The van der Waals surface area contributed by atoms with E-state index < -0.39 is 5.25 Å². The molecular formula is C13H11Cl2N3O2S. The number of rotatable bonds is 3. The highest BCUT2D eigenvalue weighted by Crippen LogP contribution is 2.33. The third kappa shape index (κ3) is 2.88. The first-order valence-electron chi connectivity index (χ1n) is 6.32. The van der Waals surface area contributed by atoms with E-state index in [1.807, 2.05) is 0 Å². The van der Waals surface area contributed by atoms with E-state index in [1.165, 1.54) is 11.8 Å². The zero-order chi connectivity index (χ0) is 15.0. The topological polar surface area (TPSA) is 61.8 Å². The van der Waals surface area contributed by atoms with Gasteiger partial charge in [0.15, 0.2) is 5.17 Å². The molecule has 0 saturated carbocycles. The Balaban J connectivity index is 1.65. The van der Waals surface area contributed by atoms with Gasteiger partial charge in [0.1, 0.15) is 5.25 Å². The van der Waals surface area contributed by atoms with Gasteiger partial charge in [0.25, 0.3) is 0 Å². The largest absolute Gasteiger partial charge is 0.325 e. The van der Waals surface area contributed by atoms with Crippen molar-refractivity contribution in [3.05, 3.63) is 28.2 Å². The van der Waals surface area contributed by atoms with Crippen LogP contribution in [0.1, 0.15) is 6.42 Å². The Bertz CT molecular complexity index is 650. The van der Waals surface area contributed by atoms with Crippen molar-refractivity contribution in [1.82, 2.24) is 4.90 Å². The summed E-state index contributed by atoms with van der Waals surface area (Å²) < 4.78 is 0. The van der Waals surface area contributed by atoms with E-state index in [1.54, 1.807) is 23.1 Å². The molecule has 1 fully saturated rings. The molecule has 0 radical (unpaired) electrons. The van der Waals surface area contributed by atoms with Crippen LogP contribution in [0.4, 0.5) is 5.69 Å². The molecule has 1 saturated heterocycles. The second-order valence-electron chi connectivity index (χ2n) is 4.61. The Morgan fingerprint density at radius 2 is 2.29 bits per heavy atom. The van der Waals surface area contributed by atoms with Crippen LogP contribution < -0.4 is 5.32 Å². The van der Waals surface area contributed by atoms with Crippen molar-refractivity contribution in [3.63, 3.8) is 0 Å². The summed E-state index contributed by atoms with van der Waals surface area (Å²) in [5.74, 6) is -0.324. The Kier molecular flexibility index (Phi) is 4.10. The van der Waals surface area contributed by atoms with Gasteiger partial charge in [-0.15, -0.1) is 0 Å². The van der Waals surface area contributed by atoms with E-state index in [4.69, 9.17) is 23.2 Å².